The standard InChI is InChI=1S/C13H13NOS/c1-14(9-11-5-3-2-4-6-11)13-8-7-12(10-15)16-13/h2-8,10H,9H2,1H3. The first-order valence-electron chi connectivity index (χ1n) is 5.09. The second kappa shape index (κ2) is 4.94. The zero-order chi connectivity index (χ0) is 11.4. The predicted molar refractivity (Wildman–Crippen MR) is 68.3 cm³/mol. The smallest absolute Gasteiger partial charge is 0.160 e. The van der Waals surface area contributed by atoms with E-state index in [-0.39, 0.29) is 0 Å². The van der Waals surface area contributed by atoms with Gasteiger partial charge in [-0.2, -0.15) is 0 Å². The van der Waals surface area contributed by atoms with Gasteiger partial charge in [-0.15, -0.1) is 11.3 Å². The van der Waals surface area contributed by atoms with Crippen molar-refractivity contribution in [1.82, 2.24) is 0 Å². The Morgan fingerprint density at radius 1 is 1.19 bits per heavy atom. The van der Waals surface area contributed by atoms with E-state index in [0.29, 0.717) is 0 Å². The van der Waals surface area contributed by atoms with Gasteiger partial charge in [0.25, 0.3) is 0 Å². The van der Waals surface area contributed by atoms with E-state index in [1.54, 1.807) is 0 Å². The molecule has 0 atom stereocenters. The van der Waals surface area contributed by atoms with Gasteiger partial charge in [-0.25, -0.2) is 0 Å². The summed E-state index contributed by atoms with van der Waals surface area (Å²) in [7, 11) is 2.04. The fourth-order valence-electron chi connectivity index (χ4n) is 1.55. The first-order chi connectivity index (χ1) is 7.79. The van der Waals surface area contributed by atoms with Crippen molar-refractivity contribution in [3.05, 3.63) is 52.9 Å². The normalized spacial score (nSPS) is 10.1. The van der Waals surface area contributed by atoms with E-state index in [9.17, 15) is 4.79 Å². The molecule has 1 aromatic carbocycles. The molecular formula is C13H13NOS. The van der Waals surface area contributed by atoms with E-state index in [2.05, 4.69) is 17.0 Å². The third-order valence-corrected chi connectivity index (χ3v) is 3.49. The maximum Gasteiger partial charge on any atom is 0.160 e. The molecule has 0 N–H and O–H groups in total. The molecule has 0 aliphatic heterocycles. The number of hydrogen-bond donors (Lipinski definition) is 0. The Morgan fingerprint density at radius 2 is 1.94 bits per heavy atom. The fourth-order valence-corrected chi connectivity index (χ4v) is 2.33. The Bertz CT molecular complexity index is 464. The Balaban J connectivity index is 2.08. The number of nitrogens with zero attached hydrogens (tertiary/aromatic N) is 1. The molecule has 0 bridgehead atoms. The highest BCUT2D eigenvalue weighted by atomic mass is 32.1. The molecule has 0 amide bonds. The van der Waals surface area contributed by atoms with E-state index < -0.39 is 0 Å². The van der Waals surface area contributed by atoms with Gasteiger partial charge in [0.2, 0.25) is 0 Å². The molecule has 16 heavy (non-hydrogen) atoms. The largest absolute Gasteiger partial charge is 0.362 e. The van der Waals surface area contributed by atoms with Crippen LogP contribution in [0.15, 0.2) is 42.5 Å². The molecule has 2 aromatic rings. The molecule has 2 rings (SSSR count). The van der Waals surface area contributed by atoms with Crippen molar-refractivity contribution in [3.8, 4) is 0 Å². The summed E-state index contributed by atoms with van der Waals surface area (Å²) < 4.78 is 0. The summed E-state index contributed by atoms with van der Waals surface area (Å²) in [6, 6.07) is 14.1. The number of anilines is 1. The van der Waals surface area contributed by atoms with Crippen molar-refractivity contribution in [2.75, 3.05) is 11.9 Å². The summed E-state index contributed by atoms with van der Waals surface area (Å²) in [5.74, 6) is 0. The highest BCUT2D eigenvalue weighted by Gasteiger charge is 2.05. The fraction of sp³-hybridized carbons (Fsp3) is 0.154. The van der Waals surface area contributed by atoms with Gasteiger partial charge in [0.15, 0.2) is 6.29 Å². The number of thiophene rings is 1. The maximum absolute atomic E-state index is 10.6. The highest BCUT2D eigenvalue weighted by molar-refractivity contribution is 7.17. The van der Waals surface area contributed by atoms with E-state index in [1.165, 1.54) is 16.9 Å². The van der Waals surface area contributed by atoms with Crippen LogP contribution < -0.4 is 4.90 Å². The van der Waals surface area contributed by atoms with Gasteiger partial charge in [0.05, 0.1) is 9.88 Å². The van der Waals surface area contributed by atoms with E-state index in [1.807, 2.05) is 37.4 Å². The van der Waals surface area contributed by atoms with Gasteiger partial charge in [0, 0.05) is 13.6 Å². The molecule has 0 aliphatic rings. The number of carbonyl (C=O) groups excluding carboxylic acids is 1. The van der Waals surface area contributed by atoms with Crippen molar-refractivity contribution < 1.29 is 4.79 Å². The van der Waals surface area contributed by atoms with Crippen LogP contribution in [-0.2, 0) is 6.54 Å². The lowest BCUT2D eigenvalue weighted by atomic mass is 10.2. The van der Waals surface area contributed by atoms with Gasteiger partial charge in [-0.3, -0.25) is 4.79 Å². The lowest BCUT2D eigenvalue weighted by molar-refractivity contribution is 0.112. The quantitative estimate of drug-likeness (QED) is 0.753. The van der Waals surface area contributed by atoms with Crippen molar-refractivity contribution in [3.63, 3.8) is 0 Å². The molecule has 1 aromatic heterocycles. The van der Waals surface area contributed by atoms with Crippen LogP contribution in [0.5, 0.6) is 0 Å². The van der Waals surface area contributed by atoms with E-state index in [4.69, 9.17) is 0 Å². The van der Waals surface area contributed by atoms with Crippen LogP contribution >= 0.6 is 11.3 Å². The van der Waals surface area contributed by atoms with Gasteiger partial charge >= 0.3 is 0 Å². The minimum atomic E-state index is 0.773. The molecule has 0 radical (unpaired) electrons. The van der Waals surface area contributed by atoms with Crippen molar-refractivity contribution in [1.29, 1.82) is 0 Å². The maximum atomic E-state index is 10.6. The Kier molecular flexibility index (Phi) is 3.37. The molecule has 0 saturated carbocycles. The summed E-state index contributed by atoms with van der Waals surface area (Å²) in [6.45, 7) is 0.861. The van der Waals surface area contributed by atoms with E-state index in [0.717, 1.165) is 22.7 Å². The third kappa shape index (κ3) is 2.49. The molecule has 0 saturated heterocycles. The second-order valence-electron chi connectivity index (χ2n) is 3.64. The van der Waals surface area contributed by atoms with Gasteiger partial charge < -0.3 is 4.90 Å². The van der Waals surface area contributed by atoms with Gasteiger partial charge in [-0.05, 0) is 17.7 Å². The number of carbonyl (C=O) groups is 1. The topological polar surface area (TPSA) is 20.3 Å². The molecule has 82 valence electrons. The van der Waals surface area contributed by atoms with Crippen LogP contribution in [0.25, 0.3) is 0 Å². The number of benzene rings is 1. The first kappa shape index (κ1) is 10.9. The Hall–Kier alpha value is -1.61. The molecule has 3 heteroatoms. The molecule has 0 fully saturated rings. The lowest BCUT2D eigenvalue weighted by Gasteiger charge is -2.16. The number of rotatable bonds is 4. The molecule has 0 unspecified atom stereocenters. The van der Waals surface area contributed by atoms with Crippen molar-refractivity contribution in [2.24, 2.45) is 0 Å². The summed E-state index contributed by atoms with van der Waals surface area (Å²) in [4.78, 5) is 13.5. The Morgan fingerprint density at radius 3 is 2.56 bits per heavy atom. The number of aldehydes is 1. The van der Waals surface area contributed by atoms with Gasteiger partial charge in [-0.1, -0.05) is 30.3 Å². The summed E-state index contributed by atoms with van der Waals surface area (Å²) >= 11 is 1.52. The number of hydrogen-bond acceptors (Lipinski definition) is 3. The molecule has 0 spiro atoms. The van der Waals surface area contributed by atoms with Crippen LogP contribution in [-0.4, -0.2) is 13.3 Å². The summed E-state index contributed by atoms with van der Waals surface area (Å²) in [5.41, 5.74) is 1.27. The van der Waals surface area contributed by atoms with E-state index >= 15 is 0 Å². The highest BCUT2D eigenvalue weighted by Crippen LogP contribution is 2.24. The molecular weight excluding hydrogens is 218 g/mol. The van der Waals surface area contributed by atoms with Crippen LogP contribution in [0.4, 0.5) is 5.00 Å². The lowest BCUT2D eigenvalue weighted by Crippen LogP contribution is -2.14. The average Bonchev–Trinajstić information content (AvgIpc) is 2.79. The minimum Gasteiger partial charge on any atom is -0.362 e. The van der Waals surface area contributed by atoms with Crippen LogP contribution in [0.1, 0.15) is 15.2 Å². The summed E-state index contributed by atoms with van der Waals surface area (Å²) in [6.07, 6.45) is 0.893. The van der Waals surface area contributed by atoms with Crippen LogP contribution in [0.3, 0.4) is 0 Å². The predicted octanol–water partition coefficient (Wildman–Crippen LogP) is 3.20. The third-order valence-electron chi connectivity index (χ3n) is 2.37. The SMILES string of the molecule is CN(Cc1ccccc1)c1ccc(C=O)s1. The van der Waals surface area contributed by atoms with Crippen LogP contribution in [0.2, 0.25) is 0 Å². The minimum absolute atomic E-state index is 0.773. The summed E-state index contributed by atoms with van der Waals surface area (Å²) in [5, 5.41) is 1.12. The second-order valence-corrected chi connectivity index (χ2v) is 4.73. The molecule has 1 heterocycles. The Labute approximate surface area is 99.1 Å². The van der Waals surface area contributed by atoms with Crippen molar-refractivity contribution in [2.45, 2.75) is 6.54 Å². The van der Waals surface area contributed by atoms with Crippen molar-refractivity contribution >= 4 is 22.6 Å². The van der Waals surface area contributed by atoms with Gasteiger partial charge in [0.1, 0.15) is 0 Å². The monoisotopic (exact) mass is 231 g/mol. The first-order valence-corrected chi connectivity index (χ1v) is 5.91. The zero-order valence-corrected chi connectivity index (χ0v) is 9.91. The zero-order valence-electron chi connectivity index (χ0n) is 9.09. The van der Waals surface area contributed by atoms with Crippen LogP contribution in [0, 0.1) is 0 Å². The molecule has 2 nitrogen and oxygen atoms in total. The molecule has 0 aliphatic carbocycles. The average molecular weight is 231 g/mol.